The molecular formula is C9H22N3P. The monoisotopic (exact) mass is 203 g/mol. The summed E-state index contributed by atoms with van der Waals surface area (Å²) in [6, 6.07) is 0. The summed E-state index contributed by atoms with van der Waals surface area (Å²) < 4.78 is 4.87. The minimum absolute atomic E-state index is 0.214. The van der Waals surface area contributed by atoms with E-state index in [4.69, 9.17) is 0 Å². The molecule has 13 heavy (non-hydrogen) atoms. The van der Waals surface area contributed by atoms with Gasteiger partial charge in [-0.05, 0) is 41.3 Å². The molecule has 1 saturated heterocycles. The Hall–Kier alpha value is 0.310. The van der Waals surface area contributed by atoms with Gasteiger partial charge in [-0.2, -0.15) is 0 Å². The van der Waals surface area contributed by atoms with E-state index in [9.17, 15) is 0 Å². The third-order valence-electron chi connectivity index (χ3n) is 2.05. The van der Waals surface area contributed by atoms with Crippen LogP contribution in [0.5, 0.6) is 0 Å². The molecule has 1 heterocycles. The molecule has 0 spiro atoms. The van der Waals surface area contributed by atoms with Crippen LogP contribution in [-0.2, 0) is 0 Å². The molecule has 1 N–H and O–H groups in total. The van der Waals surface area contributed by atoms with Crippen LogP contribution in [-0.4, -0.2) is 42.1 Å². The summed E-state index contributed by atoms with van der Waals surface area (Å²) in [5.74, 6) is 0. The van der Waals surface area contributed by atoms with Gasteiger partial charge in [0.25, 0.3) is 0 Å². The first-order chi connectivity index (χ1) is 5.90. The Morgan fingerprint density at radius 3 is 1.92 bits per heavy atom. The highest BCUT2D eigenvalue weighted by Crippen LogP contribution is 2.42. The predicted octanol–water partition coefficient (Wildman–Crippen LogP) is 1.87. The van der Waals surface area contributed by atoms with Gasteiger partial charge in [-0.25, -0.2) is 0 Å². The average molecular weight is 203 g/mol. The lowest BCUT2D eigenvalue weighted by atomic mass is 10.1. The van der Waals surface area contributed by atoms with Crippen molar-refractivity contribution in [3.8, 4) is 0 Å². The molecule has 0 aromatic carbocycles. The number of nitrogens with one attached hydrogen (secondary N) is 1. The molecule has 0 atom stereocenters. The van der Waals surface area contributed by atoms with Crippen LogP contribution in [0.4, 0.5) is 0 Å². The lowest BCUT2D eigenvalue weighted by Gasteiger charge is -2.42. The number of hydrogen-bond acceptors (Lipinski definition) is 3. The zero-order valence-corrected chi connectivity index (χ0v) is 10.4. The smallest absolute Gasteiger partial charge is 0.117 e. The van der Waals surface area contributed by atoms with E-state index >= 15 is 0 Å². The predicted molar refractivity (Wildman–Crippen MR) is 59.7 cm³/mol. The summed E-state index contributed by atoms with van der Waals surface area (Å²) in [6.45, 7) is 9.13. The Labute approximate surface area is 83.4 Å². The fourth-order valence-electron chi connectivity index (χ4n) is 1.45. The second kappa shape index (κ2) is 4.22. The van der Waals surface area contributed by atoms with Crippen LogP contribution in [0.15, 0.2) is 0 Å². The van der Waals surface area contributed by atoms with Gasteiger partial charge in [0.2, 0.25) is 0 Å². The minimum Gasteiger partial charge on any atom is -0.266 e. The molecule has 1 fully saturated rings. The highest BCUT2D eigenvalue weighted by molar-refractivity contribution is 7.50. The summed E-state index contributed by atoms with van der Waals surface area (Å²) in [7, 11) is 4.15. The van der Waals surface area contributed by atoms with E-state index in [1.54, 1.807) is 0 Å². The first-order valence-corrected chi connectivity index (χ1v) is 6.15. The normalized spacial score (nSPS) is 23.8. The van der Waals surface area contributed by atoms with Crippen LogP contribution in [0.3, 0.4) is 0 Å². The Bertz CT molecular complexity index is 157. The number of hydrogen-bond donors (Lipinski definition) is 1. The lowest BCUT2D eigenvalue weighted by molar-refractivity contribution is 0.360. The Morgan fingerprint density at radius 2 is 1.54 bits per heavy atom. The standard InChI is InChI=1S/C9H22N3P/c1-9(2,3)10-13-11(4)7-6-8-12(13)5/h10H,6-8H2,1-5H3. The van der Waals surface area contributed by atoms with Crippen molar-refractivity contribution in [1.29, 1.82) is 0 Å². The summed E-state index contributed by atoms with van der Waals surface area (Å²) in [5.41, 5.74) is 0.214. The molecule has 1 aliphatic heterocycles. The Morgan fingerprint density at radius 1 is 1.08 bits per heavy atom. The van der Waals surface area contributed by atoms with Gasteiger partial charge in [-0.15, -0.1) is 0 Å². The Balaban J connectivity index is 2.54. The van der Waals surface area contributed by atoms with Crippen LogP contribution in [0, 0.1) is 0 Å². The topological polar surface area (TPSA) is 18.5 Å². The maximum absolute atomic E-state index is 3.67. The second-order valence-corrected chi connectivity index (χ2v) is 6.94. The maximum atomic E-state index is 3.67. The van der Waals surface area contributed by atoms with Crippen LogP contribution >= 0.6 is 8.37 Å². The van der Waals surface area contributed by atoms with E-state index in [-0.39, 0.29) is 13.9 Å². The molecule has 4 heteroatoms. The van der Waals surface area contributed by atoms with Crippen LogP contribution in [0.25, 0.3) is 0 Å². The molecule has 1 rings (SSSR count). The van der Waals surface area contributed by atoms with E-state index in [0.717, 1.165) is 0 Å². The average Bonchev–Trinajstić information content (AvgIpc) is 1.95. The quantitative estimate of drug-likeness (QED) is 0.656. The fourth-order valence-corrected chi connectivity index (χ4v) is 3.57. The summed E-state index contributed by atoms with van der Waals surface area (Å²) in [6.07, 6.45) is 1.29. The number of nitrogens with zero attached hydrogens (tertiary/aromatic N) is 2. The molecule has 1 aliphatic rings. The first kappa shape index (κ1) is 11.4. The minimum atomic E-state index is -0.266. The van der Waals surface area contributed by atoms with E-state index in [1.165, 1.54) is 19.5 Å². The van der Waals surface area contributed by atoms with Crippen molar-refractivity contribution in [1.82, 2.24) is 14.4 Å². The molecular weight excluding hydrogens is 181 g/mol. The van der Waals surface area contributed by atoms with Crippen molar-refractivity contribution >= 4 is 8.37 Å². The van der Waals surface area contributed by atoms with Crippen LogP contribution in [0.1, 0.15) is 27.2 Å². The maximum Gasteiger partial charge on any atom is 0.117 e. The highest BCUT2D eigenvalue weighted by Gasteiger charge is 2.27. The van der Waals surface area contributed by atoms with Crippen molar-refractivity contribution in [3.63, 3.8) is 0 Å². The van der Waals surface area contributed by atoms with Gasteiger partial charge in [0.05, 0.1) is 0 Å². The second-order valence-electron chi connectivity index (χ2n) is 4.77. The number of rotatable bonds is 1. The largest absolute Gasteiger partial charge is 0.266 e. The van der Waals surface area contributed by atoms with Crippen LogP contribution in [0.2, 0.25) is 0 Å². The fraction of sp³-hybridized carbons (Fsp3) is 1.00. The van der Waals surface area contributed by atoms with Crippen molar-refractivity contribution in [3.05, 3.63) is 0 Å². The summed E-state index contributed by atoms with van der Waals surface area (Å²) in [5, 5.41) is 3.67. The van der Waals surface area contributed by atoms with E-state index in [1.807, 2.05) is 0 Å². The molecule has 0 unspecified atom stereocenters. The highest BCUT2D eigenvalue weighted by atomic mass is 31.1. The van der Waals surface area contributed by atoms with E-state index < -0.39 is 0 Å². The van der Waals surface area contributed by atoms with Gasteiger partial charge >= 0.3 is 0 Å². The summed E-state index contributed by atoms with van der Waals surface area (Å²) >= 11 is 0. The van der Waals surface area contributed by atoms with Gasteiger partial charge in [0.1, 0.15) is 8.37 Å². The molecule has 0 saturated carbocycles. The molecule has 0 bridgehead atoms. The van der Waals surface area contributed by atoms with Gasteiger partial charge in [0.15, 0.2) is 0 Å². The lowest BCUT2D eigenvalue weighted by Crippen LogP contribution is -2.43. The van der Waals surface area contributed by atoms with Crippen molar-refractivity contribution in [2.75, 3.05) is 27.2 Å². The van der Waals surface area contributed by atoms with Gasteiger partial charge in [-0.3, -0.25) is 14.4 Å². The molecule has 0 aliphatic carbocycles. The third kappa shape index (κ3) is 3.51. The zero-order valence-electron chi connectivity index (χ0n) is 9.46. The van der Waals surface area contributed by atoms with E-state index in [0.29, 0.717) is 0 Å². The van der Waals surface area contributed by atoms with Gasteiger partial charge in [-0.1, -0.05) is 0 Å². The molecule has 0 amide bonds. The molecule has 78 valence electrons. The molecule has 0 radical (unpaired) electrons. The first-order valence-electron chi connectivity index (χ1n) is 4.90. The summed E-state index contributed by atoms with van der Waals surface area (Å²) in [4.78, 5) is 0. The molecule has 0 aromatic rings. The molecule has 0 aromatic heterocycles. The van der Waals surface area contributed by atoms with Gasteiger partial charge < -0.3 is 0 Å². The zero-order chi connectivity index (χ0) is 10.1. The van der Waals surface area contributed by atoms with Crippen molar-refractivity contribution in [2.24, 2.45) is 0 Å². The third-order valence-corrected chi connectivity index (χ3v) is 4.61. The van der Waals surface area contributed by atoms with Crippen molar-refractivity contribution in [2.45, 2.75) is 32.7 Å². The Kier molecular flexibility index (Phi) is 3.70. The van der Waals surface area contributed by atoms with Crippen molar-refractivity contribution < 1.29 is 0 Å². The van der Waals surface area contributed by atoms with E-state index in [2.05, 4.69) is 49.3 Å². The van der Waals surface area contributed by atoms with Crippen LogP contribution < -0.4 is 5.09 Å². The van der Waals surface area contributed by atoms with Gasteiger partial charge in [0, 0.05) is 18.6 Å². The molecule has 3 nitrogen and oxygen atoms in total. The SMILES string of the molecule is CN1CCCN(C)P1NC(C)(C)C.